The Kier molecular flexibility index (Phi) is 16.0. The van der Waals surface area contributed by atoms with Gasteiger partial charge in [-0.2, -0.15) is 0 Å². The lowest BCUT2D eigenvalue weighted by molar-refractivity contribution is 0.545. The van der Waals surface area contributed by atoms with E-state index in [1.54, 1.807) is 0 Å². The standard InChI is InChI=1S/C18H34/c1-3-5-7-9-11-13-15-17-18-16-14-12-10-8-6-4-2/h3,5,7H,1,4,6,8-18H2,2H3/b7-5+. The van der Waals surface area contributed by atoms with E-state index in [0.717, 1.165) is 0 Å². The number of hydrogen-bond acceptors (Lipinski definition) is 0. The van der Waals surface area contributed by atoms with Gasteiger partial charge in [-0.15, -0.1) is 0 Å². The molecule has 0 aromatic heterocycles. The lowest BCUT2D eigenvalue weighted by Crippen LogP contribution is -1.82. The molecule has 18 heavy (non-hydrogen) atoms. The quantitative estimate of drug-likeness (QED) is 0.234. The zero-order valence-electron chi connectivity index (χ0n) is 12.6. The zero-order valence-corrected chi connectivity index (χ0v) is 12.6. The van der Waals surface area contributed by atoms with Crippen molar-refractivity contribution in [2.45, 2.75) is 90.4 Å². The van der Waals surface area contributed by atoms with Crippen LogP contribution in [0, 0.1) is 0 Å². The minimum atomic E-state index is 1.23. The van der Waals surface area contributed by atoms with Gasteiger partial charge in [0.15, 0.2) is 0 Å². The van der Waals surface area contributed by atoms with Gasteiger partial charge in [-0.05, 0) is 12.8 Å². The first-order chi connectivity index (χ1) is 8.91. The lowest BCUT2D eigenvalue weighted by atomic mass is 10.0. The summed E-state index contributed by atoms with van der Waals surface area (Å²) in [7, 11) is 0. The Morgan fingerprint density at radius 3 is 1.56 bits per heavy atom. The molecule has 0 saturated heterocycles. The molecule has 0 fully saturated rings. The van der Waals surface area contributed by atoms with Crippen LogP contribution in [0.5, 0.6) is 0 Å². The Labute approximate surface area is 116 Å². The van der Waals surface area contributed by atoms with Crippen LogP contribution in [-0.4, -0.2) is 0 Å². The molecule has 0 N–H and O–H groups in total. The second-order valence-corrected chi connectivity index (χ2v) is 5.34. The Bertz CT molecular complexity index is 178. The second kappa shape index (κ2) is 16.5. The summed E-state index contributed by atoms with van der Waals surface area (Å²) in [6, 6.07) is 0. The molecule has 0 aromatic carbocycles. The molecule has 0 aliphatic heterocycles. The Morgan fingerprint density at radius 2 is 1.11 bits per heavy atom. The van der Waals surface area contributed by atoms with Crippen LogP contribution in [0.4, 0.5) is 0 Å². The minimum absolute atomic E-state index is 1.23. The highest BCUT2D eigenvalue weighted by atomic mass is 14.0. The van der Waals surface area contributed by atoms with Crippen LogP contribution in [-0.2, 0) is 0 Å². The van der Waals surface area contributed by atoms with Crippen molar-refractivity contribution in [3.05, 3.63) is 24.8 Å². The molecule has 0 unspecified atom stereocenters. The molecule has 0 radical (unpaired) electrons. The topological polar surface area (TPSA) is 0 Å². The third-order valence-corrected chi connectivity index (χ3v) is 3.50. The van der Waals surface area contributed by atoms with Crippen LogP contribution in [0.1, 0.15) is 90.4 Å². The highest BCUT2D eigenvalue weighted by Crippen LogP contribution is 2.12. The van der Waals surface area contributed by atoms with Crippen molar-refractivity contribution >= 4 is 0 Å². The predicted octanol–water partition coefficient (Wildman–Crippen LogP) is 6.82. The molecule has 0 aliphatic carbocycles. The fourth-order valence-corrected chi connectivity index (χ4v) is 2.30. The fourth-order valence-electron chi connectivity index (χ4n) is 2.30. The van der Waals surface area contributed by atoms with Gasteiger partial charge in [0.05, 0.1) is 0 Å². The van der Waals surface area contributed by atoms with Crippen LogP contribution >= 0.6 is 0 Å². The third-order valence-electron chi connectivity index (χ3n) is 3.50. The fraction of sp³-hybridized carbons (Fsp3) is 0.778. The van der Waals surface area contributed by atoms with Crippen LogP contribution in [0.3, 0.4) is 0 Å². The van der Waals surface area contributed by atoms with Crippen molar-refractivity contribution in [1.82, 2.24) is 0 Å². The predicted molar refractivity (Wildman–Crippen MR) is 85.0 cm³/mol. The van der Waals surface area contributed by atoms with E-state index in [-0.39, 0.29) is 0 Å². The monoisotopic (exact) mass is 250 g/mol. The van der Waals surface area contributed by atoms with Crippen molar-refractivity contribution < 1.29 is 0 Å². The van der Waals surface area contributed by atoms with E-state index < -0.39 is 0 Å². The first-order valence-electron chi connectivity index (χ1n) is 8.19. The summed E-state index contributed by atoms with van der Waals surface area (Å²) in [5, 5.41) is 0. The summed E-state index contributed by atoms with van der Waals surface area (Å²) in [6.45, 7) is 5.96. The van der Waals surface area contributed by atoms with E-state index in [2.05, 4.69) is 25.7 Å². The molecule has 0 spiro atoms. The molecule has 0 aromatic rings. The van der Waals surface area contributed by atoms with Crippen LogP contribution < -0.4 is 0 Å². The van der Waals surface area contributed by atoms with Gasteiger partial charge in [0.25, 0.3) is 0 Å². The van der Waals surface area contributed by atoms with Gasteiger partial charge in [0, 0.05) is 0 Å². The average Bonchev–Trinajstić information content (AvgIpc) is 2.39. The first-order valence-corrected chi connectivity index (χ1v) is 8.19. The summed E-state index contributed by atoms with van der Waals surface area (Å²) in [5.74, 6) is 0. The highest BCUT2D eigenvalue weighted by Gasteiger charge is 1.92. The first kappa shape index (κ1) is 17.5. The van der Waals surface area contributed by atoms with Crippen molar-refractivity contribution in [1.29, 1.82) is 0 Å². The zero-order chi connectivity index (χ0) is 13.3. The van der Waals surface area contributed by atoms with Gasteiger partial charge < -0.3 is 0 Å². The average molecular weight is 250 g/mol. The number of hydrogen-bond donors (Lipinski definition) is 0. The van der Waals surface area contributed by atoms with Crippen LogP contribution in [0.2, 0.25) is 0 Å². The molecule has 0 aliphatic rings. The molecule has 106 valence electrons. The smallest absolute Gasteiger partial charge is 0.0348 e. The van der Waals surface area contributed by atoms with Gasteiger partial charge in [-0.3, -0.25) is 0 Å². The molecule has 0 heteroatoms. The molecule has 0 nitrogen and oxygen atoms in total. The molecule has 0 rings (SSSR count). The van der Waals surface area contributed by atoms with Gasteiger partial charge in [-0.25, -0.2) is 0 Å². The maximum absolute atomic E-state index is 3.67. The molecular formula is C18H34. The Morgan fingerprint density at radius 1 is 0.667 bits per heavy atom. The van der Waals surface area contributed by atoms with Crippen LogP contribution in [0.15, 0.2) is 24.8 Å². The number of unbranched alkanes of at least 4 members (excludes halogenated alkanes) is 12. The van der Waals surface area contributed by atoms with Crippen molar-refractivity contribution in [3.63, 3.8) is 0 Å². The molecular weight excluding hydrogens is 216 g/mol. The Hall–Kier alpha value is -0.520. The third kappa shape index (κ3) is 15.5. The van der Waals surface area contributed by atoms with Crippen molar-refractivity contribution in [2.24, 2.45) is 0 Å². The molecule has 0 heterocycles. The van der Waals surface area contributed by atoms with Gasteiger partial charge in [0.1, 0.15) is 0 Å². The van der Waals surface area contributed by atoms with Gasteiger partial charge in [-0.1, -0.05) is 102 Å². The molecule has 0 saturated carbocycles. The molecule has 0 amide bonds. The normalized spacial score (nSPS) is 11.2. The number of allylic oxidation sites excluding steroid dienone is 3. The maximum Gasteiger partial charge on any atom is -0.0348 e. The van der Waals surface area contributed by atoms with Crippen molar-refractivity contribution in [3.8, 4) is 0 Å². The van der Waals surface area contributed by atoms with Gasteiger partial charge >= 0.3 is 0 Å². The molecule has 0 atom stereocenters. The minimum Gasteiger partial charge on any atom is -0.0991 e. The lowest BCUT2D eigenvalue weighted by Gasteiger charge is -2.02. The summed E-state index contributed by atoms with van der Waals surface area (Å²) < 4.78 is 0. The van der Waals surface area contributed by atoms with E-state index in [4.69, 9.17) is 0 Å². The SMILES string of the molecule is C=C/C=C/CCCCCCCCCCCCCC. The summed E-state index contributed by atoms with van der Waals surface area (Å²) in [4.78, 5) is 0. The largest absolute Gasteiger partial charge is 0.0991 e. The highest BCUT2D eigenvalue weighted by molar-refractivity contribution is 4.96. The summed E-state index contributed by atoms with van der Waals surface area (Å²) in [5.41, 5.74) is 0. The van der Waals surface area contributed by atoms with Crippen molar-refractivity contribution in [2.75, 3.05) is 0 Å². The van der Waals surface area contributed by atoms with E-state index in [9.17, 15) is 0 Å². The maximum atomic E-state index is 3.67. The van der Waals surface area contributed by atoms with E-state index in [1.807, 2.05) is 6.08 Å². The Balaban J connectivity index is 2.94. The summed E-state index contributed by atoms with van der Waals surface area (Å²) >= 11 is 0. The number of rotatable bonds is 14. The van der Waals surface area contributed by atoms with Crippen LogP contribution in [0.25, 0.3) is 0 Å². The van der Waals surface area contributed by atoms with E-state index in [1.165, 1.54) is 83.5 Å². The molecule has 0 bridgehead atoms. The van der Waals surface area contributed by atoms with E-state index >= 15 is 0 Å². The summed E-state index contributed by atoms with van der Waals surface area (Å²) in [6.07, 6.45) is 24.5. The second-order valence-electron chi connectivity index (χ2n) is 5.34. The van der Waals surface area contributed by atoms with E-state index in [0.29, 0.717) is 0 Å². The van der Waals surface area contributed by atoms with Gasteiger partial charge in [0.2, 0.25) is 0 Å².